The molecule has 0 aliphatic heterocycles. The number of unbranched alkanes of at least 4 members (excludes halogenated alkanes) is 2. The molecule has 0 spiro atoms. The van der Waals surface area contributed by atoms with E-state index in [0.717, 1.165) is 48.2 Å². The largest absolute Gasteiger partial charge is 0.493 e. The van der Waals surface area contributed by atoms with Crippen LogP contribution in [0.4, 0.5) is 9.18 Å². The second-order valence-corrected chi connectivity index (χ2v) is 7.87. The first-order valence-electron chi connectivity index (χ1n) is 11.0. The summed E-state index contributed by atoms with van der Waals surface area (Å²) in [5, 5.41) is 10.2. The van der Waals surface area contributed by atoms with Gasteiger partial charge in [0.05, 0.1) is 19.9 Å². The fourth-order valence-electron chi connectivity index (χ4n) is 3.53. The van der Waals surface area contributed by atoms with Crippen LogP contribution in [-0.4, -0.2) is 48.9 Å². The van der Waals surface area contributed by atoms with Crippen molar-refractivity contribution in [1.82, 2.24) is 20.4 Å². The fourth-order valence-corrected chi connectivity index (χ4v) is 3.53. The number of carbonyl (C=O) groups excluding carboxylic acids is 1. The summed E-state index contributed by atoms with van der Waals surface area (Å²) < 4.78 is 23.9. The predicted molar refractivity (Wildman–Crippen MR) is 126 cm³/mol. The highest BCUT2D eigenvalue weighted by atomic mass is 19.1. The number of nitrogens with zero attached hydrogens (tertiary/aromatic N) is 2. The van der Waals surface area contributed by atoms with Crippen molar-refractivity contribution >= 4 is 6.03 Å². The van der Waals surface area contributed by atoms with E-state index < -0.39 is 0 Å². The first kappa shape index (κ1) is 24.1. The first-order chi connectivity index (χ1) is 16.0. The number of urea groups is 1. The Balaban J connectivity index is 1.35. The van der Waals surface area contributed by atoms with Gasteiger partial charge in [-0.05, 0) is 55.2 Å². The lowest BCUT2D eigenvalue weighted by molar-refractivity contribution is 0.207. The van der Waals surface area contributed by atoms with Gasteiger partial charge < -0.3 is 19.7 Å². The zero-order valence-corrected chi connectivity index (χ0v) is 19.4. The molecule has 0 saturated carbocycles. The lowest BCUT2D eigenvalue weighted by Gasteiger charge is -2.18. The number of aromatic amines is 1. The van der Waals surface area contributed by atoms with Gasteiger partial charge in [0.2, 0.25) is 0 Å². The minimum Gasteiger partial charge on any atom is -0.493 e. The van der Waals surface area contributed by atoms with Crippen LogP contribution in [-0.2, 0) is 13.0 Å². The number of nitrogens with one attached hydrogen (secondary N) is 2. The quantitative estimate of drug-likeness (QED) is 0.409. The standard InChI is InChI=1S/C25H31FN4O3/c1-30(25(31)27-17-18-11-12-23(32-2)24(14-18)33-3)13-6-4-5-10-21-16-22(29-28-21)19-8-7-9-20(26)15-19/h7-9,11-12,14-16H,4-6,10,13,17H2,1-3H3,(H,27,31)(H,28,29). The fraction of sp³-hybridized carbons (Fsp3) is 0.360. The van der Waals surface area contributed by atoms with Crippen LogP contribution in [0.15, 0.2) is 48.5 Å². The molecule has 0 atom stereocenters. The van der Waals surface area contributed by atoms with Crippen molar-refractivity contribution in [2.75, 3.05) is 27.8 Å². The third-order valence-corrected chi connectivity index (χ3v) is 5.43. The molecule has 3 rings (SSSR count). The Morgan fingerprint density at radius 1 is 1.06 bits per heavy atom. The van der Waals surface area contributed by atoms with Crippen LogP contribution in [0, 0.1) is 5.82 Å². The Morgan fingerprint density at radius 3 is 2.64 bits per heavy atom. The van der Waals surface area contributed by atoms with Crippen LogP contribution in [0.2, 0.25) is 0 Å². The molecule has 2 amide bonds. The first-order valence-corrected chi connectivity index (χ1v) is 11.0. The van der Waals surface area contributed by atoms with Crippen molar-refractivity contribution in [1.29, 1.82) is 0 Å². The third kappa shape index (κ3) is 6.97. The monoisotopic (exact) mass is 454 g/mol. The molecule has 3 aromatic rings. The van der Waals surface area contributed by atoms with E-state index in [-0.39, 0.29) is 11.8 Å². The second kappa shape index (κ2) is 11.9. The molecule has 1 heterocycles. The van der Waals surface area contributed by atoms with Crippen LogP contribution >= 0.6 is 0 Å². The number of aryl methyl sites for hydroxylation is 1. The van der Waals surface area contributed by atoms with Gasteiger partial charge in [-0.2, -0.15) is 5.10 Å². The third-order valence-electron chi connectivity index (χ3n) is 5.43. The zero-order chi connectivity index (χ0) is 23.6. The van der Waals surface area contributed by atoms with Crippen LogP contribution in [0.1, 0.15) is 30.5 Å². The van der Waals surface area contributed by atoms with E-state index in [4.69, 9.17) is 9.47 Å². The van der Waals surface area contributed by atoms with Crippen molar-refractivity contribution in [2.24, 2.45) is 0 Å². The molecule has 0 radical (unpaired) electrons. The lowest BCUT2D eigenvalue weighted by Crippen LogP contribution is -2.37. The lowest BCUT2D eigenvalue weighted by atomic mass is 10.1. The Morgan fingerprint density at radius 2 is 1.88 bits per heavy atom. The molecule has 0 saturated heterocycles. The number of rotatable bonds is 11. The SMILES string of the molecule is COc1ccc(CNC(=O)N(C)CCCCCc2cc(-c3cccc(F)c3)n[nH]2)cc1OC. The summed E-state index contributed by atoms with van der Waals surface area (Å²) in [6.45, 7) is 1.09. The van der Waals surface area contributed by atoms with Crippen LogP contribution in [0.3, 0.4) is 0 Å². The normalized spacial score (nSPS) is 10.7. The molecule has 7 nitrogen and oxygen atoms in total. The summed E-state index contributed by atoms with van der Waals surface area (Å²) in [6, 6.07) is 13.8. The highest BCUT2D eigenvalue weighted by Gasteiger charge is 2.10. The summed E-state index contributed by atoms with van der Waals surface area (Å²) in [6.07, 6.45) is 3.73. The Labute approximate surface area is 193 Å². The molecule has 0 unspecified atom stereocenters. The summed E-state index contributed by atoms with van der Waals surface area (Å²) in [7, 11) is 4.97. The molecular formula is C25H31FN4O3. The van der Waals surface area contributed by atoms with Gasteiger partial charge in [0.1, 0.15) is 5.82 Å². The molecule has 2 aromatic carbocycles. The van der Waals surface area contributed by atoms with E-state index in [2.05, 4.69) is 15.5 Å². The average Bonchev–Trinajstić information content (AvgIpc) is 3.31. The van der Waals surface area contributed by atoms with Gasteiger partial charge in [-0.3, -0.25) is 5.10 Å². The van der Waals surface area contributed by atoms with Gasteiger partial charge in [0.15, 0.2) is 11.5 Å². The molecule has 0 aliphatic rings. The smallest absolute Gasteiger partial charge is 0.317 e. The molecule has 8 heteroatoms. The van der Waals surface area contributed by atoms with Crippen molar-refractivity contribution in [3.8, 4) is 22.8 Å². The topological polar surface area (TPSA) is 79.5 Å². The van der Waals surface area contributed by atoms with Gasteiger partial charge in [0, 0.05) is 31.4 Å². The number of hydrogen-bond acceptors (Lipinski definition) is 4. The predicted octanol–water partition coefficient (Wildman–Crippen LogP) is 4.79. The molecule has 0 fully saturated rings. The van der Waals surface area contributed by atoms with Crippen LogP contribution < -0.4 is 14.8 Å². The van der Waals surface area contributed by atoms with E-state index in [0.29, 0.717) is 24.6 Å². The van der Waals surface area contributed by atoms with Crippen molar-refractivity contribution < 1.29 is 18.7 Å². The van der Waals surface area contributed by atoms with Gasteiger partial charge in [-0.15, -0.1) is 0 Å². The summed E-state index contributed by atoms with van der Waals surface area (Å²) >= 11 is 0. The minimum atomic E-state index is -0.270. The number of H-pyrrole nitrogens is 1. The number of hydrogen-bond donors (Lipinski definition) is 2. The molecule has 2 N–H and O–H groups in total. The van der Waals surface area contributed by atoms with E-state index in [1.165, 1.54) is 12.1 Å². The molecule has 33 heavy (non-hydrogen) atoms. The number of methoxy groups -OCH3 is 2. The molecular weight excluding hydrogens is 423 g/mol. The highest BCUT2D eigenvalue weighted by molar-refractivity contribution is 5.73. The molecule has 0 aliphatic carbocycles. The minimum absolute atomic E-state index is 0.113. The van der Waals surface area contributed by atoms with E-state index in [9.17, 15) is 9.18 Å². The van der Waals surface area contributed by atoms with E-state index in [1.54, 1.807) is 32.2 Å². The van der Waals surface area contributed by atoms with Gasteiger partial charge >= 0.3 is 6.03 Å². The van der Waals surface area contributed by atoms with Gasteiger partial charge in [-0.1, -0.05) is 24.6 Å². The average molecular weight is 455 g/mol. The molecule has 176 valence electrons. The number of carbonyl (C=O) groups is 1. The summed E-state index contributed by atoms with van der Waals surface area (Å²) in [5.74, 6) is 1.02. The highest BCUT2D eigenvalue weighted by Crippen LogP contribution is 2.27. The van der Waals surface area contributed by atoms with Gasteiger partial charge in [-0.25, -0.2) is 9.18 Å². The second-order valence-electron chi connectivity index (χ2n) is 7.87. The number of benzene rings is 2. The Bertz CT molecular complexity index is 1050. The van der Waals surface area contributed by atoms with Gasteiger partial charge in [0.25, 0.3) is 0 Å². The maximum Gasteiger partial charge on any atom is 0.317 e. The maximum atomic E-state index is 13.4. The van der Waals surface area contributed by atoms with Crippen LogP contribution in [0.5, 0.6) is 11.5 Å². The van der Waals surface area contributed by atoms with Crippen molar-refractivity contribution in [3.05, 3.63) is 65.6 Å². The van der Waals surface area contributed by atoms with Crippen LogP contribution in [0.25, 0.3) is 11.3 Å². The number of halogens is 1. The number of aromatic nitrogens is 2. The van der Waals surface area contributed by atoms with Crippen molar-refractivity contribution in [2.45, 2.75) is 32.2 Å². The van der Waals surface area contributed by atoms with E-state index >= 15 is 0 Å². The van der Waals surface area contributed by atoms with Crippen molar-refractivity contribution in [3.63, 3.8) is 0 Å². The molecule has 0 bridgehead atoms. The summed E-state index contributed by atoms with van der Waals surface area (Å²) in [5.41, 5.74) is 3.47. The number of ether oxygens (including phenoxy) is 2. The Hall–Kier alpha value is -3.55. The van der Waals surface area contributed by atoms with E-state index in [1.807, 2.05) is 30.3 Å². The zero-order valence-electron chi connectivity index (χ0n) is 19.4. The maximum absolute atomic E-state index is 13.4. The summed E-state index contributed by atoms with van der Waals surface area (Å²) in [4.78, 5) is 14.1. The number of amides is 2. The molecule has 1 aromatic heterocycles. The Kier molecular flexibility index (Phi) is 8.69.